The summed E-state index contributed by atoms with van der Waals surface area (Å²) in [5.74, 6) is 0.777. The number of hydrogen-bond acceptors (Lipinski definition) is 3. The number of benzene rings is 1. The predicted molar refractivity (Wildman–Crippen MR) is 95.8 cm³/mol. The zero-order valence-electron chi connectivity index (χ0n) is 13.4. The molecule has 1 fully saturated rings. The Kier molecular flexibility index (Phi) is 5.11. The van der Waals surface area contributed by atoms with Gasteiger partial charge in [0.2, 0.25) is 0 Å². The van der Waals surface area contributed by atoms with Crippen LogP contribution in [0, 0.1) is 5.92 Å². The van der Waals surface area contributed by atoms with Crippen molar-refractivity contribution in [3.8, 4) is 0 Å². The number of aromatic nitrogens is 2. The third-order valence-corrected chi connectivity index (χ3v) is 4.37. The number of anilines is 1. The highest BCUT2D eigenvalue weighted by molar-refractivity contribution is 6.30. The third kappa shape index (κ3) is 4.11. The first-order chi connectivity index (χ1) is 11.6. The van der Waals surface area contributed by atoms with Gasteiger partial charge in [-0.25, -0.2) is 4.79 Å². The van der Waals surface area contributed by atoms with Gasteiger partial charge in [0.25, 0.3) is 0 Å². The topological polar surface area (TPSA) is 58.1 Å². The van der Waals surface area contributed by atoms with Gasteiger partial charge in [0.1, 0.15) is 0 Å². The Morgan fingerprint density at radius 3 is 2.79 bits per heavy atom. The molecular formula is C18H19ClN4O. The maximum Gasteiger partial charge on any atom is 0.323 e. The molecule has 2 amide bonds. The van der Waals surface area contributed by atoms with Crippen molar-refractivity contribution in [3.05, 3.63) is 58.8 Å². The van der Waals surface area contributed by atoms with Crippen molar-refractivity contribution in [1.82, 2.24) is 15.1 Å². The lowest BCUT2D eigenvalue weighted by Gasteiger charge is -2.33. The van der Waals surface area contributed by atoms with E-state index in [0.29, 0.717) is 24.8 Å². The van der Waals surface area contributed by atoms with E-state index in [1.54, 1.807) is 18.3 Å². The lowest BCUT2D eigenvalue weighted by Crippen LogP contribution is -2.42. The number of piperidine rings is 1. The van der Waals surface area contributed by atoms with Crippen molar-refractivity contribution in [3.63, 3.8) is 0 Å². The van der Waals surface area contributed by atoms with Crippen molar-refractivity contribution in [2.24, 2.45) is 5.92 Å². The van der Waals surface area contributed by atoms with Crippen molar-refractivity contribution in [1.29, 1.82) is 0 Å². The van der Waals surface area contributed by atoms with Gasteiger partial charge < -0.3 is 4.90 Å². The minimum atomic E-state index is -0.132. The molecule has 1 aromatic carbocycles. The van der Waals surface area contributed by atoms with Crippen LogP contribution in [0.1, 0.15) is 18.9 Å². The summed E-state index contributed by atoms with van der Waals surface area (Å²) in [5.41, 5.74) is 2.49. The Bertz CT molecular complexity index is 730. The summed E-state index contributed by atoms with van der Waals surface area (Å²) >= 11 is 5.92. The van der Waals surface area contributed by atoms with E-state index in [1.807, 2.05) is 29.2 Å². The Balaban J connectivity index is 1.62. The van der Waals surface area contributed by atoms with E-state index in [4.69, 9.17) is 11.6 Å². The van der Waals surface area contributed by atoms with Crippen LogP contribution in [0.15, 0.2) is 48.2 Å². The van der Waals surface area contributed by atoms with Crippen LogP contribution in [0.5, 0.6) is 0 Å². The van der Waals surface area contributed by atoms with Gasteiger partial charge in [0.05, 0.1) is 0 Å². The number of nitrogens with one attached hydrogen (secondary N) is 1. The number of carbonyl (C=O) groups excluding carboxylic acids is 1. The van der Waals surface area contributed by atoms with E-state index < -0.39 is 0 Å². The van der Waals surface area contributed by atoms with Gasteiger partial charge >= 0.3 is 6.03 Å². The summed E-state index contributed by atoms with van der Waals surface area (Å²) in [6.07, 6.45) is 4.63. The van der Waals surface area contributed by atoms with Gasteiger partial charge in [-0.3, -0.25) is 5.32 Å². The van der Waals surface area contributed by atoms with Crippen LogP contribution in [-0.2, 0) is 0 Å². The highest BCUT2D eigenvalue weighted by atomic mass is 35.5. The van der Waals surface area contributed by atoms with Gasteiger partial charge in [-0.15, -0.1) is 5.10 Å². The maximum atomic E-state index is 12.3. The Morgan fingerprint density at radius 2 is 2.12 bits per heavy atom. The Morgan fingerprint density at radius 1 is 1.33 bits per heavy atom. The monoisotopic (exact) mass is 342 g/mol. The second-order valence-electron chi connectivity index (χ2n) is 5.91. The zero-order chi connectivity index (χ0) is 16.9. The van der Waals surface area contributed by atoms with Crippen LogP contribution in [0.3, 0.4) is 0 Å². The first-order valence-corrected chi connectivity index (χ1v) is 8.29. The van der Waals surface area contributed by atoms with Gasteiger partial charge in [-0.1, -0.05) is 42.3 Å². The average Bonchev–Trinajstić information content (AvgIpc) is 2.59. The molecule has 5 nitrogen and oxygen atoms in total. The van der Waals surface area contributed by atoms with Crippen molar-refractivity contribution >= 4 is 29.5 Å². The second-order valence-corrected chi connectivity index (χ2v) is 6.34. The molecule has 2 aromatic rings. The zero-order valence-corrected chi connectivity index (χ0v) is 14.2. The van der Waals surface area contributed by atoms with Crippen LogP contribution < -0.4 is 5.32 Å². The molecule has 1 aromatic heterocycles. The minimum Gasteiger partial charge on any atom is -0.324 e. The van der Waals surface area contributed by atoms with Crippen LogP contribution in [0.4, 0.5) is 10.6 Å². The smallest absolute Gasteiger partial charge is 0.323 e. The molecule has 0 saturated carbocycles. The molecule has 1 unspecified atom stereocenters. The van der Waals surface area contributed by atoms with Crippen molar-refractivity contribution < 1.29 is 4.79 Å². The molecule has 1 N–H and O–H groups in total. The number of amides is 2. The average molecular weight is 343 g/mol. The van der Waals surface area contributed by atoms with E-state index in [-0.39, 0.29) is 6.03 Å². The first-order valence-electron chi connectivity index (χ1n) is 7.91. The van der Waals surface area contributed by atoms with Gasteiger partial charge in [0, 0.05) is 24.3 Å². The molecule has 1 saturated heterocycles. The van der Waals surface area contributed by atoms with E-state index in [1.165, 1.54) is 5.57 Å². The highest BCUT2D eigenvalue weighted by Crippen LogP contribution is 2.25. The highest BCUT2D eigenvalue weighted by Gasteiger charge is 2.24. The van der Waals surface area contributed by atoms with Crippen molar-refractivity contribution in [2.45, 2.75) is 13.3 Å². The number of urea groups is 1. The van der Waals surface area contributed by atoms with E-state index in [2.05, 4.69) is 28.5 Å². The van der Waals surface area contributed by atoms with E-state index in [0.717, 1.165) is 17.0 Å². The molecule has 6 heteroatoms. The maximum absolute atomic E-state index is 12.3. The molecule has 1 atom stereocenters. The molecule has 0 aliphatic carbocycles. The first kappa shape index (κ1) is 16.5. The van der Waals surface area contributed by atoms with Crippen LogP contribution in [0.25, 0.3) is 6.08 Å². The fourth-order valence-corrected chi connectivity index (χ4v) is 2.90. The quantitative estimate of drug-likeness (QED) is 0.894. The summed E-state index contributed by atoms with van der Waals surface area (Å²) in [6, 6.07) is 11.1. The second kappa shape index (κ2) is 7.45. The number of nitrogens with zero attached hydrogens (tertiary/aromatic N) is 3. The summed E-state index contributed by atoms with van der Waals surface area (Å²) in [4.78, 5) is 14.1. The predicted octanol–water partition coefficient (Wildman–Crippen LogP) is 4.09. The Hall–Kier alpha value is -2.40. The molecule has 3 rings (SSSR count). The fraction of sp³-hybridized carbons (Fsp3) is 0.278. The molecule has 2 heterocycles. The van der Waals surface area contributed by atoms with Crippen molar-refractivity contribution in [2.75, 3.05) is 18.4 Å². The lowest BCUT2D eigenvalue weighted by atomic mass is 9.91. The summed E-state index contributed by atoms with van der Waals surface area (Å²) in [5, 5.41) is 11.2. The van der Waals surface area contributed by atoms with Crippen LogP contribution in [0.2, 0.25) is 5.02 Å². The Labute approximate surface area is 146 Å². The largest absolute Gasteiger partial charge is 0.324 e. The summed E-state index contributed by atoms with van der Waals surface area (Å²) in [7, 11) is 0. The number of rotatable bonds is 2. The van der Waals surface area contributed by atoms with Gasteiger partial charge in [-0.05, 0) is 42.2 Å². The number of carbonyl (C=O) groups is 1. The molecule has 1 aliphatic rings. The van der Waals surface area contributed by atoms with E-state index in [9.17, 15) is 4.79 Å². The minimum absolute atomic E-state index is 0.132. The van der Waals surface area contributed by atoms with Crippen LogP contribution >= 0.6 is 11.6 Å². The van der Waals surface area contributed by atoms with E-state index >= 15 is 0 Å². The summed E-state index contributed by atoms with van der Waals surface area (Å²) in [6.45, 7) is 3.52. The van der Waals surface area contributed by atoms with Gasteiger partial charge in [0.15, 0.2) is 5.82 Å². The molecule has 0 spiro atoms. The third-order valence-electron chi connectivity index (χ3n) is 4.11. The SMILES string of the molecule is CC1CN(C(=O)Nc2cccnn2)CCC1=Cc1ccc(Cl)cc1. The normalized spacial score (nSPS) is 19.3. The lowest BCUT2D eigenvalue weighted by molar-refractivity contribution is 0.197. The molecule has 124 valence electrons. The van der Waals surface area contributed by atoms with Gasteiger partial charge in [-0.2, -0.15) is 5.10 Å². The standard InChI is InChI=1S/C18H19ClN4O/c1-13-12-23(18(24)21-17-3-2-9-20-22-17)10-8-15(13)11-14-4-6-16(19)7-5-14/h2-7,9,11,13H,8,10,12H2,1H3,(H,21,22,24). The summed E-state index contributed by atoms with van der Waals surface area (Å²) < 4.78 is 0. The number of likely N-dealkylation sites (tertiary alicyclic amines) is 1. The molecule has 0 radical (unpaired) electrons. The number of hydrogen-bond donors (Lipinski definition) is 1. The van der Waals surface area contributed by atoms with Crippen LogP contribution in [-0.4, -0.2) is 34.2 Å². The fourth-order valence-electron chi connectivity index (χ4n) is 2.78. The molecule has 24 heavy (non-hydrogen) atoms. The molecule has 0 bridgehead atoms. The molecular weight excluding hydrogens is 324 g/mol. The molecule has 1 aliphatic heterocycles. The number of halogens is 1.